The third-order valence-corrected chi connectivity index (χ3v) is 11.8. The maximum Gasteiger partial charge on any atom is 0.160 e. The molecule has 3 nitrogen and oxygen atoms in total. The van der Waals surface area contributed by atoms with Gasteiger partial charge in [0.05, 0.1) is 27.7 Å². The molecule has 0 amide bonds. The minimum Gasteiger partial charge on any atom is -0.269 e. The predicted octanol–water partition coefficient (Wildman–Crippen LogP) is 12.4. The monoisotopic (exact) mass is 697 g/mol. The van der Waals surface area contributed by atoms with Gasteiger partial charge in [0.2, 0.25) is 0 Å². The van der Waals surface area contributed by atoms with E-state index in [0.29, 0.717) is 17.0 Å². The summed E-state index contributed by atoms with van der Waals surface area (Å²) in [6, 6.07) is 48.3. The molecule has 6 aromatic carbocycles. The van der Waals surface area contributed by atoms with Gasteiger partial charge in [-0.25, -0.2) is 9.97 Å². The number of benzene rings is 6. The maximum atomic E-state index is 5.17. The molecule has 1 aromatic heterocycles. The van der Waals surface area contributed by atoms with E-state index in [-0.39, 0.29) is 6.04 Å². The zero-order chi connectivity index (χ0) is 35.1. The Kier molecular flexibility index (Phi) is 8.03. The van der Waals surface area contributed by atoms with Gasteiger partial charge in [-0.05, 0) is 56.8 Å². The molecule has 7 aromatic rings. The van der Waals surface area contributed by atoms with Gasteiger partial charge in [0.25, 0.3) is 0 Å². The highest BCUT2D eigenvalue weighted by Gasteiger charge is 2.28. The van der Waals surface area contributed by atoms with Crippen LogP contribution in [0.3, 0.4) is 0 Å². The maximum absolute atomic E-state index is 5.17. The van der Waals surface area contributed by atoms with Crippen molar-refractivity contribution in [3.8, 4) is 45.0 Å². The second-order valence-corrected chi connectivity index (χ2v) is 15.1. The first-order chi connectivity index (χ1) is 26.2. The van der Waals surface area contributed by atoms with Gasteiger partial charge in [0, 0.05) is 28.2 Å². The van der Waals surface area contributed by atoms with Crippen molar-refractivity contribution < 1.29 is 0 Å². The SMILES string of the molecule is C1=CCC(c2ccc(-c3cc(-c4ccc(C5=NC6C=CC=CC6S5)cc4)nc(-c4ccc(-c5ccc6c(ccc7ccccc76)c5)cc4)n3)cc2)C=C1. The van der Waals surface area contributed by atoms with Crippen molar-refractivity contribution in [2.45, 2.75) is 23.6 Å². The van der Waals surface area contributed by atoms with Crippen LogP contribution in [0.25, 0.3) is 66.6 Å². The van der Waals surface area contributed by atoms with Crippen molar-refractivity contribution in [3.05, 3.63) is 193 Å². The fourth-order valence-corrected chi connectivity index (χ4v) is 8.80. The Morgan fingerprint density at radius 3 is 1.91 bits per heavy atom. The summed E-state index contributed by atoms with van der Waals surface area (Å²) in [5, 5.41) is 6.54. The minimum atomic E-state index is 0.219. The molecule has 0 radical (unpaired) electrons. The summed E-state index contributed by atoms with van der Waals surface area (Å²) in [5.41, 5.74) is 9.72. The summed E-state index contributed by atoms with van der Waals surface area (Å²) in [6.45, 7) is 0. The molecular weight excluding hydrogens is 663 g/mol. The van der Waals surface area contributed by atoms with Crippen molar-refractivity contribution >= 4 is 38.4 Å². The fourth-order valence-electron chi connectivity index (χ4n) is 7.63. The summed E-state index contributed by atoms with van der Waals surface area (Å²) in [7, 11) is 0. The van der Waals surface area contributed by atoms with Gasteiger partial charge in [0.15, 0.2) is 5.82 Å². The number of hydrogen-bond donors (Lipinski definition) is 0. The van der Waals surface area contributed by atoms with E-state index < -0.39 is 0 Å². The van der Waals surface area contributed by atoms with Gasteiger partial charge in [-0.1, -0.05) is 182 Å². The molecule has 53 heavy (non-hydrogen) atoms. The molecule has 0 bridgehead atoms. The molecule has 252 valence electrons. The topological polar surface area (TPSA) is 38.1 Å². The van der Waals surface area contributed by atoms with Crippen LogP contribution in [0.1, 0.15) is 23.5 Å². The first-order valence-electron chi connectivity index (χ1n) is 18.3. The number of nitrogens with zero attached hydrogens (tertiary/aromatic N) is 3. The number of aromatic nitrogens is 2. The number of rotatable bonds is 6. The van der Waals surface area contributed by atoms with Crippen LogP contribution in [0.4, 0.5) is 0 Å². The Morgan fingerprint density at radius 1 is 0.491 bits per heavy atom. The Labute approximate surface area is 313 Å². The van der Waals surface area contributed by atoms with Crippen LogP contribution < -0.4 is 0 Å². The van der Waals surface area contributed by atoms with Gasteiger partial charge < -0.3 is 0 Å². The van der Waals surface area contributed by atoms with Crippen molar-refractivity contribution in [1.29, 1.82) is 0 Å². The van der Waals surface area contributed by atoms with Crippen molar-refractivity contribution in [3.63, 3.8) is 0 Å². The molecule has 0 saturated heterocycles. The third-order valence-electron chi connectivity index (χ3n) is 10.6. The standard InChI is InChI=1S/C49H35N3S/c1-2-8-32(9-3-1)33-14-19-36(20-15-33)45-31-46(37-21-25-39(26-22-37)49-52-44-12-6-7-13-47(44)53-49)51-48(50-45)38-23-16-34(17-24-38)40-28-29-43-41(30-40)27-18-35-10-4-5-11-42(35)43/h1-8,10-32,44,47H,9H2. The lowest BCUT2D eigenvalue weighted by Gasteiger charge is -2.14. The van der Waals surface area contributed by atoms with E-state index in [1.807, 2.05) is 11.8 Å². The van der Waals surface area contributed by atoms with E-state index in [9.17, 15) is 0 Å². The second kappa shape index (κ2) is 13.5. The van der Waals surface area contributed by atoms with Gasteiger partial charge in [-0.3, -0.25) is 4.99 Å². The smallest absolute Gasteiger partial charge is 0.160 e. The van der Waals surface area contributed by atoms with Crippen LogP contribution in [0.2, 0.25) is 0 Å². The van der Waals surface area contributed by atoms with Crippen LogP contribution >= 0.6 is 11.8 Å². The highest BCUT2D eigenvalue weighted by molar-refractivity contribution is 8.15. The molecule has 0 spiro atoms. The molecule has 3 aliphatic rings. The lowest BCUT2D eigenvalue weighted by atomic mass is 9.91. The van der Waals surface area contributed by atoms with Crippen LogP contribution in [0.5, 0.6) is 0 Å². The summed E-state index contributed by atoms with van der Waals surface area (Å²) >= 11 is 1.84. The molecule has 3 unspecified atom stereocenters. The highest BCUT2D eigenvalue weighted by Crippen LogP contribution is 2.36. The minimum absolute atomic E-state index is 0.219. The Hall–Kier alpha value is -6.10. The molecule has 3 atom stereocenters. The molecule has 0 N–H and O–H groups in total. The molecular formula is C49H35N3S. The van der Waals surface area contributed by atoms with Crippen molar-refractivity contribution in [2.75, 3.05) is 0 Å². The van der Waals surface area contributed by atoms with E-state index in [0.717, 1.165) is 50.7 Å². The zero-order valence-corrected chi connectivity index (χ0v) is 29.8. The average molecular weight is 698 g/mol. The van der Waals surface area contributed by atoms with E-state index in [1.165, 1.54) is 32.7 Å². The Balaban J connectivity index is 0.994. The summed E-state index contributed by atoms with van der Waals surface area (Å²) in [5.74, 6) is 1.11. The van der Waals surface area contributed by atoms with Crippen LogP contribution in [0.15, 0.2) is 187 Å². The van der Waals surface area contributed by atoms with Gasteiger partial charge >= 0.3 is 0 Å². The lowest BCUT2D eigenvalue weighted by molar-refractivity contribution is 0.854. The van der Waals surface area contributed by atoms with E-state index in [4.69, 9.17) is 15.0 Å². The zero-order valence-electron chi connectivity index (χ0n) is 29.0. The summed E-state index contributed by atoms with van der Waals surface area (Å²) in [4.78, 5) is 15.3. The van der Waals surface area contributed by atoms with Crippen molar-refractivity contribution in [2.24, 2.45) is 4.99 Å². The highest BCUT2D eigenvalue weighted by atomic mass is 32.2. The second-order valence-electron chi connectivity index (χ2n) is 13.9. The molecule has 1 aliphatic heterocycles. The number of fused-ring (bicyclic) bond motifs is 4. The van der Waals surface area contributed by atoms with Gasteiger partial charge in [-0.15, -0.1) is 0 Å². The first-order valence-corrected chi connectivity index (χ1v) is 19.2. The van der Waals surface area contributed by atoms with Gasteiger partial charge in [0.1, 0.15) is 0 Å². The average Bonchev–Trinajstić information content (AvgIpc) is 3.68. The number of hydrogen-bond acceptors (Lipinski definition) is 4. The quantitative estimate of drug-likeness (QED) is 0.162. The Morgan fingerprint density at radius 2 is 1.13 bits per heavy atom. The summed E-state index contributed by atoms with van der Waals surface area (Å²) in [6.07, 6.45) is 18.5. The lowest BCUT2D eigenvalue weighted by Crippen LogP contribution is -2.13. The molecule has 4 heteroatoms. The van der Waals surface area contributed by atoms with E-state index >= 15 is 0 Å². The van der Waals surface area contributed by atoms with E-state index in [1.54, 1.807) is 0 Å². The van der Waals surface area contributed by atoms with E-state index in [2.05, 4.69) is 182 Å². The van der Waals surface area contributed by atoms with Crippen LogP contribution in [-0.4, -0.2) is 26.3 Å². The number of aliphatic imine (C=N–C) groups is 1. The fraction of sp³-hybridized carbons (Fsp3) is 0.0816. The predicted molar refractivity (Wildman–Crippen MR) is 224 cm³/mol. The molecule has 10 rings (SSSR count). The molecule has 2 aliphatic carbocycles. The third kappa shape index (κ3) is 6.15. The Bertz CT molecular complexity index is 2660. The van der Waals surface area contributed by atoms with Crippen molar-refractivity contribution in [1.82, 2.24) is 9.97 Å². The molecule has 0 saturated carbocycles. The number of thioether (sulfide) groups is 1. The van der Waals surface area contributed by atoms with Crippen LogP contribution in [-0.2, 0) is 0 Å². The molecule has 0 fully saturated rings. The van der Waals surface area contributed by atoms with Gasteiger partial charge in [-0.2, -0.15) is 0 Å². The normalized spacial score (nSPS) is 18.8. The number of allylic oxidation sites excluding steroid dienone is 6. The molecule has 2 heterocycles. The largest absolute Gasteiger partial charge is 0.269 e. The first kappa shape index (κ1) is 31.6. The summed E-state index contributed by atoms with van der Waals surface area (Å²) < 4.78 is 0. The van der Waals surface area contributed by atoms with Crippen LogP contribution in [0, 0.1) is 0 Å².